The number of anilines is 1. The summed E-state index contributed by atoms with van der Waals surface area (Å²) < 4.78 is 4.66. The smallest absolute Gasteiger partial charge is 0.354 e. The fourth-order valence-corrected chi connectivity index (χ4v) is 4.94. The number of thiazole rings is 1. The molecule has 164 valence electrons. The molecule has 3 heterocycles. The van der Waals surface area contributed by atoms with E-state index in [2.05, 4.69) is 20.0 Å². The van der Waals surface area contributed by atoms with Gasteiger partial charge < -0.3 is 19.9 Å². The molecule has 2 aromatic heterocycles. The van der Waals surface area contributed by atoms with E-state index in [4.69, 9.17) is 0 Å². The van der Waals surface area contributed by atoms with Gasteiger partial charge in [0, 0.05) is 24.2 Å². The number of imide groups is 1. The van der Waals surface area contributed by atoms with Crippen LogP contribution in [0.5, 0.6) is 0 Å². The summed E-state index contributed by atoms with van der Waals surface area (Å²) in [4.78, 5) is 59.4. The standard InChI is InChI=1S/C20H23N5O5S/c1-24-19(29)25(17(28)20(24)6-4-3-5-7-20)10-15(26)23-18-22-14(11-31-18)12-8-13(21-9-12)16(27)30-2/h8-9,11,21H,3-7,10H2,1-2H3,(H,22,23,26). The number of nitrogens with zero attached hydrogens (tertiary/aromatic N) is 3. The minimum atomic E-state index is -0.810. The fraction of sp³-hybridized carbons (Fsp3) is 0.450. The second-order valence-electron chi connectivity index (χ2n) is 7.70. The maximum atomic E-state index is 13.0. The average molecular weight is 446 g/mol. The van der Waals surface area contributed by atoms with Crippen molar-refractivity contribution < 1.29 is 23.9 Å². The molecule has 2 aliphatic rings. The zero-order valence-electron chi connectivity index (χ0n) is 17.3. The van der Waals surface area contributed by atoms with Crippen LogP contribution in [-0.2, 0) is 14.3 Å². The van der Waals surface area contributed by atoms with Crippen molar-refractivity contribution in [1.29, 1.82) is 0 Å². The van der Waals surface area contributed by atoms with Crippen LogP contribution in [0.15, 0.2) is 17.6 Å². The molecule has 1 saturated heterocycles. The zero-order valence-corrected chi connectivity index (χ0v) is 18.1. The summed E-state index contributed by atoms with van der Waals surface area (Å²) in [5, 5.41) is 4.72. The van der Waals surface area contributed by atoms with Crippen molar-refractivity contribution in [2.75, 3.05) is 26.0 Å². The fourth-order valence-electron chi connectivity index (χ4n) is 4.21. The maximum Gasteiger partial charge on any atom is 0.354 e. The molecule has 1 spiro atoms. The Morgan fingerprint density at radius 1 is 1.29 bits per heavy atom. The molecule has 4 amide bonds. The molecule has 4 rings (SSSR count). The van der Waals surface area contributed by atoms with Crippen LogP contribution in [0.1, 0.15) is 42.6 Å². The van der Waals surface area contributed by atoms with E-state index in [0.717, 1.165) is 24.2 Å². The van der Waals surface area contributed by atoms with Crippen molar-refractivity contribution in [3.8, 4) is 11.3 Å². The highest BCUT2D eigenvalue weighted by Crippen LogP contribution is 2.39. The molecule has 0 radical (unpaired) electrons. The molecule has 10 nitrogen and oxygen atoms in total. The molecule has 31 heavy (non-hydrogen) atoms. The van der Waals surface area contributed by atoms with Crippen LogP contribution >= 0.6 is 11.3 Å². The van der Waals surface area contributed by atoms with Gasteiger partial charge in [0.25, 0.3) is 5.91 Å². The summed E-state index contributed by atoms with van der Waals surface area (Å²) >= 11 is 1.21. The Bertz CT molecular complexity index is 1040. The first-order valence-electron chi connectivity index (χ1n) is 9.98. The van der Waals surface area contributed by atoms with Gasteiger partial charge in [-0.05, 0) is 18.9 Å². The largest absolute Gasteiger partial charge is 0.464 e. The molecular formula is C20H23N5O5S. The number of carbonyl (C=O) groups is 4. The third-order valence-electron chi connectivity index (χ3n) is 5.92. The van der Waals surface area contributed by atoms with E-state index in [0.29, 0.717) is 34.9 Å². The number of ether oxygens (including phenoxy) is 1. The van der Waals surface area contributed by atoms with Gasteiger partial charge in [-0.25, -0.2) is 14.6 Å². The normalized spacial score (nSPS) is 18.0. The van der Waals surface area contributed by atoms with E-state index in [1.54, 1.807) is 24.7 Å². The number of urea groups is 1. The summed E-state index contributed by atoms with van der Waals surface area (Å²) in [7, 11) is 2.93. The number of amides is 4. The second-order valence-corrected chi connectivity index (χ2v) is 8.56. The molecule has 0 unspecified atom stereocenters. The third-order valence-corrected chi connectivity index (χ3v) is 6.68. The maximum absolute atomic E-state index is 13.0. The van der Waals surface area contributed by atoms with Crippen molar-refractivity contribution >= 4 is 40.3 Å². The number of esters is 1. The molecule has 11 heteroatoms. The summed E-state index contributed by atoms with van der Waals surface area (Å²) in [6.07, 6.45) is 5.71. The highest BCUT2D eigenvalue weighted by molar-refractivity contribution is 7.14. The average Bonchev–Trinajstić information content (AvgIpc) is 3.48. The summed E-state index contributed by atoms with van der Waals surface area (Å²) in [5.74, 6) is -1.28. The van der Waals surface area contributed by atoms with Crippen molar-refractivity contribution in [3.05, 3.63) is 23.3 Å². The number of H-pyrrole nitrogens is 1. The Morgan fingerprint density at radius 3 is 2.74 bits per heavy atom. The summed E-state index contributed by atoms with van der Waals surface area (Å²) in [6.45, 7) is -0.352. The predicted molar refractivity (Wildman–Crippen MR) is 113 cm³/mol. The summed E-state index contributed by atoms with van der Waals surface area (Å²) in [5.41, 5.74) is 0.724. The monoisotopic (exact) mass is 445 g/mol. The summed E-state index contributed by atoms with van der Waals surface area (Å²) in [6, 6.07) is 1.16. The van der Waals surface area contributed by atoms with Crippen molar-refractivity contribution in [2.45, 2.75) is 37.6 Å². The van der Waals surface area contributed by atoms with Crippen LogP contribution in [0.4, 0.5) is 9.93 Å². The van der Waals surface area contributed by atoms with E-state index >= 15 is 0 Å². The molecule has 2 aromatic rings. The number of hydrogen-bond donors (Lipinski definition) is 2. The van der Waals surface area contributed by atoms with Gasteiger partial charge in [-0.3, -0.25) is 14.5 Å². The lowest BCUT2D eigenvalue weighted by molar-refractivity contribution is -0.136. The van der Waals surface area contributed by atoms with Gasteiger partial charge in [-0.1, -0.05) is 19.3 Å². The van der Waals surface area contributed by atoms with Gasteiger partial charge in [0.2, 0.25) is 5.91 Å². The Kier molecular flexibility index (Phi) is 5.52. The third kappa shape index (κ3) is 3.69. The van der Waals surface area contributed by atoms with Gasteiger partial charge in [0.1, 0.15) is 17.8 Å². The highest BCUT2D eigenvalue weighted by atomic mass is 32.1. The first-order chi connectivity index (χ1) is 14.9. The van der Waals surface area contributed by atoms with E-state index in [1.807, 2.05) is 0 Å². The topological polar surface area (TPSA) is 125 Å². The minimum Gasteiger partial charge on any atom is -0.464 e. The highest BCUT2D eigenvalue weighted by Gasteiger charge is 2.55. The lowest BCUT2D eigenvalue weighted by Crippen LogP contribution is -2.49. The predicted octanol–water partition coefficient (Wildman–Crippen LogP) is 2.46. The van der Waals surface area contributed by atoms with Crippen molar-refractivity contribution in [3.63, 3.8) is 0 Å². The molecule has 0 aromatic carbocycles. The molecule has 1 aliphatic heterocycles. The number of nitrogens with one attached hydrogen (secondary N) is 2. The van der Waals surface area contributed by atoms with Gasteiger partial charge in [0.05, 0.1) is 12.8 Å². The quantitative estimate of drug-likeness (QED) is 0.538. The van der Waals surface area contributed by atoms with Crippen LogP contribution in [0.2, 0.25) is 0 Å². The number of aromatic nitrogens is 2. The second kappa shape index (κ2) is 8.14. The van der Waals surface area contributed by atoms with Crippen LogP contribution in [-0.4, -0.2) is 69.8 Å². The van der Waals surface area contributed by atoms with Crippen molar-refractivity contribution in [2.24, 2.45) is 0 Å². The van der Waals surface area contributed by atoms with Gasteiger partial charge in [-0.2, -0.15) is 0 Å². The number of likely N-dealkylation sites (N-methyl/N-ethyl adjacent to an activating group) is 1. The van der Waals surface area contributed by atoms with Crippen molar-refractivity contribution in [1.82, 2.24) is 19.8 Å². The Balaban J connectivity index is 1.41. The van der Waals surface area contributed by atoms with Crippen LogP contribution < -0.4 is 5.32 Å². The lowest BCUT2D eigenvalue weighted by atomic mass is 9.81. The number of aromatic amines is 1. The van der Waals surface area contributed by atoms with Gasteiger partial charge in [-0.15, -0.1) is 11.3 Å². The molecule has 0 bridgehead atoms. The van der Waals surface area contributed by atoms with E-state index in [9.17, 15) is 19.2 Å². The molecule has 0 atom stereocenters. The molecule has 1 saturated carbocycles. The molecule has 2 N–H and O–H groups in total. The lowest BCUT2D eigenvalue weighted by Gasteiger charge is -2.35. The first kappa shape index (κ1) is 21.0. The zero-order chi connectivity index (χ0) is 22.2. The Hall–Kier alpha value is -3.21. The van der Waals surface area contributed by atoms with Gasteiger partial charge in [0.15, 0.2) is 5.13 Å². The number of rotatable bonds is 5. The first-order valence-corrected chi connectivity index (χ1v) is 10.9. The van der Waals surface area contributed by atoms with Crippen LogP contribution in [0.3, 0.4) is 0 Å². The van der Waals surface area contributed by atoms with E-state index in [-0.39, 0.29) is 12.5 Å². The van der Waals surface area contributed by atoms with Gasteiger partial charge >= 0.3 is 12.0 Å². The Labute approximate surface area is 182 Å². The molecule has 1 aliphatic carbocycles. The van der Waals surface area contributed by atoms with E-state index < -0.39 is 23.4 Å². The number of hydrogen-bond acceptors (Lipinski definition) is 7. The van der Waals surface area contributed by atoms with Crippen LogP contribution in [0.25, 0.3) is 11.3 Å². The minimum absolute atomic E-state index is 0.294. The molecular weight excluding hydrogens is 422 g/mol. The SMILES string of the molecule is COC(=O)c1cc(-c2csc(NC(=O)CN3C(=O)N(C)C4(CCCCC4)C3=O)n2)c[nH]1. The number of carbonyl (C=O) groups excluding carboxylic acids is 4. The van der Waals surface area contributed by atoms with Crippen LogP contribution in [0, 0.1) is 0 Å². The Morgan fingerprint density at radius 2 is 2.03 bits per heavy atom. The number of methoxy groups -OCH3 is 1. The van der Waals surface area contributed by atoms with E-state index in [1.165, 1.54) is 23.3 Å². The molecule has 2 fully saturated rings.